The van der Waals surface area contributed by atoms with E-state index in [2.05, 4.69) is 15.1 Å². The van der Waals surface area contributed by atoms with Crippen molar-refractivity contribution in [2.75, 3.05) is 31.1 Å². The number of rotatable bonds is 7. The normalized spacial score (nSPS) is 16.4. The lowest BCUT2D eigenvalue weighted by Gasteiger charge is -2.36. The molecular weight excluding hydrogens is 392 g/mol. The van der Waals surface area contributed by atoms with Gasteiger partial charge in [-0.3, -0.25) is 19.8 Å². The van der Waals surface area contributed by atoms with Crippen molar-refractivity contribution in [3.63, 3.8) is 0 Å². The van der Waals surface area contributed by atoms with Crippen molar-refractivity contribution >= 4 is 17.8 Å². The molecule has 3 N–H and O–H groups in total. The molecule has 1 aliphatic rings. The van der Waals surface area contributed by atoms with Gasteiger partial charge in [-0.25, -0.2) is 5.48 Å². The molecule has 30 heavy (non-hydrogen) atoms. The summed E-state index contributed by atoms with van der Waals surface area (Å²) in [7, 11) is 0. The first-order chi connectivity index (χ1) is 14.4. The van der Waals surface area contributed by atoms with Gasteiger partial charge in [-0.15, -0.1) is 0 Å². The van der Waals surface area contributed by atoms with Gasteiger partial charge in [0.2, 0.25) is 5.91 Å². The molecule has 0 saturated carbocycles. The SMILES string of the molecule is CC(C)C[C@H](C(=O)N1CCN(c2noc(-c3ccncc3)n2)CC1)[C@@H](O)C(=O)NO. The van der Waals surface area contributed by atoms with E-state index in [0.29, 0.717) is 44.4 Å². The van der Waals surface area contributed by atoms with Gasteiger partial charge in [-0.1, -0.05) is 13.8 Å². The molecule has 1 aliphatic heterocycles. The van der Waals surface area contributed by atoms with E-state index in [0.717, 1.165) is 5.56 Å². The molecule has 0 aromatic carbocycles. The van der Waals surface area contributed by atoms with E-state index in [1.165, 1.54) is 5.48 Å². The lowest BCUT2D eigenvalue weighted by Crippen LogP contribution is -2.53. The van der Waals surface area contributed by atoms with Crippen LogP contribution in [0.3, 0.4) is 0 Å². The Morgan fingerprint density at radius 1 is 1.20 bits per heavy atom. The number of nitrogens with one attached hydrogen (secondary N) is 1. The maximum atomic E-state index is 13.0. The van der Waals surface area contributed by atoms with Crippen LogP contribution in [-0.4, -0.2) is 74.4 Å². The van der Waals surface area contributed by atoms with Crippen LogP contribution in [0.2, 0.25) is 0 Å². The summed E-state index contributed by atoms with van der Waals surface area (Å²) in [6.45, 7) is 5.55. The monoisotopic (exact) mass is 418 g/mol. The first kappa shape index (κ1) is 21.7. The Balaban J connectivity index is 1.63. The number of hydrogen-bond donors (Lipinski definition) is 3. The van der Waals surface area contributed by atoms with Crippen molar-refractivity contribution in [2.45, 2.75) is 26.4 Å². The van der Waals surface area contributed by atoms with E-state index >= 15 is 0 Å². The van der Waals surface area contributed by atoms with Crippen molar-refractivity contribution in [3.8, 4) is 11.5 Å². The minimum atomic E-state index is -1.61. The molecule has 2 amide bonds. The third-order valence-electron chi connectivity index (χ3n) is 5.02. The Morgan fingerprint density at radius 3 is 2.47 bits per heavy atom. The molecule has 3 rings (SSSR count). The first-order valence-electron chi connectivity index (χ1n) is 9.80. The summed E-state index contributed by atoms with van der Waals surface area (Å²) >= 11 is 0. The fourth-order valence-electron chi connectivity index (χ4n) is 3.44. The van der Waals surface area contributed by atoms with E-state index in [-0.39, 0.29) is 11.8 Å². The fraction of sp³-hybridized carbons (Fsp3) is 0.526. The quantitative estimate of drug-likeness (QED) is 0.427. The van der Waals surface area contributed by atoms with E-state index < -0.39 is 17.9 Å². The molecule has 162 valence electrons. The number of hydroxylamine groups is 1. The Labute approximate surface area is 173 Å². The lowest BCUT2D eigenvalue weighted by molar-refractivity contribution is -0.151. The number of carbonyl (C=O) groups excluding carboxylic acids is 2. The van der Waals surface area contributed by atoms with Crippen LogP contribution >= 0.6 is 0 Å². The zero-order valence-electron chi connectivity index (χ0n) is 16.9. The highest BCUT2D eigenvalue weighted by molar-refractivity contribution is 5.88. The van der Waals surface area contributed by atoms with Gasteiger partial charge < -0.3 is 19.4 Å². The second-order valence-corrected chi connectivity index (χ2v) is 7.60. The molecule has 2 aromatic heterocycles. The summed E-state index contributed by atoms with van der Waals surface area (Å²) in [6, 6.07) is 3.55. The third kappa shape index (κ3) is 4.92. The number of nitrogens with zero attached hydrogens (tertiary/aromatic N) is 5. The van der Waals surface area contributed by atoms with E-state index in [4.69, 9.17) is 9.73 Å². The maximum Gasteiger partial charge on any atom is 0.272 e. The molecule has 11 nitrogen and oxygen atoms in total. The lowest BCUT2D eigenvalue weighted by atomic mass is 9.90. The van der Waals surface area contributed by atoms with Crippen LogP contribution in [0.25, 0.3) is 11.5 Å². The standard InChI is InChI=1S/C19H26N6O5/c1-12(2)11-14(15(26)16(27)22-29)18(28)24-7-9-25(10-8-24)19-21-17(30-23-19)13-3-5-20-6-4-13/h3-6,12,14-15,26,29H,7-11H2,1-2H3,(H,22,27)/t14-,15+/m0/s1. The summed E-state index contributed by atoms with van der Waals surface area (Å²) in [6.07, 6.45) is 2.00. The molecular formula is C19H26N6O5. The molecule has 11 heteroatoms. The van der Waals surface area contributed by atoms with Crippen LogP contribution in [0.15, 0.2) is 29.0 Å². The van der Waals surface area contributed by atoms with Crippen LogP contribution in [0.1, 0.15) is 20.3 Å². The predicted octanol–water partition coefficient (Wildman–Crippen LogP) is 0.309. The van der Waals surface area contributed by atoms with Gasteiger partial charge in [0.25, 0.3) is 17.7 Å². The first-order valence-corrected chi connectivity index (χ1v) is 9.80. The number of aliphatic hydroxyl groups is 1. The minimum Gasteiger partial charge on any atom is -0.382 e. The number of anilines is 1. The van der Waals surface area contributed by atoms with Gasteiger partial charge in [0.15, 0.2) is 0 Å². The number of amides is 2. The minimum absolute atomic E-state index is 0.0901. The molecule has 0 radical (unpaired) electrons. The number of hydrogen-bond acceptors (Lipinski definition) is 9. The Bertz CT molecular complexity index is 850. The third-order valence-corrected chi connectivity index (χ3v) is 5.02. The average Bonchev–Trinajstić information content (AvgIpc) is 3.27. The highest BCUT2D eigenvalue weighted by Gasteiger charge is 2.36. The van der Waals surface area contributed by atoms with Crippen molar-refractivity contribution in [2.24, 2.45) is 11.8 Å². The Hall–Kier alpha value is -3.05. The van der Waals surface area contributed by atoms with Gasteiger partial charge >= 0.3 is 0 Å². The van der Waals surface area contributed by atoms with Crippen LogP contribution in [0.5, 0.6) is 0 Å². The average molecular weight is 418 g/mol. The van der Waals surface area contributed by atoms with Gasteiger partial charge in [0.05, 0.1) is 5.92 Å². The van der Waals surface area contributed by atoms with Gasteiger partial charge in [-0.05, 0) is 29.6 Å². The number of pyridine rings is 1. The smallest absolute Gasteiger partial charge is 0.272 e. The second kappa shape index (κ2) is 9.63. The number of piperazine rings is 1. The van der Waals surface area contributed by atoms with Crippen molar-refractivity contribution in [3.05, 3.63) is 24.5 Å². The maximum absolute atomic E-state index is 13.0. The molecule has 3 heterocycles. The van der Waals surface area contributed by atoms with Gasteiger partial charge in [0, 0.05) is 44.1 Å². The molecule has 2 aromatic rings. The summed E-state index contributed by atoms with van der Waals surface area (Å²) in [5.74, 6) is -1.30. The summed E-state index contributed by atoms with van der Waals surface area (Å²) in [5.41, 5.74) is 2.19. The second-order valence-electron chi connectivity index (χ2n) is 7.60. The van der Waals surface area contributed by atoms with Gasteiger partial charge in [-0.2, -0.15) is 4.98 Å². The largest absolute Gasteiger partial charge is 0.382 e. The topological polar surface area (TPSA) is 145 Å². The Morgan fingerprint density at radius 2 is 1.87 bits per heavy atom. The number of aromatic nitrogens is 3. The fourth-order valence-corrected chi connectivity index (χ4v) is 3.44. The number of aliphatic hydroxyl groups excluding tert-OH is 1. The summed E-state index contributed by atoms with van der Waals surface area (Å²) in [5, 5.41) is 23.0. The molecule has 0 spiro atoms. The molecule has 1 saturated heterocycles. The highest BCUT2D eigenvalue weighted by atomic mass is 16.5. The summed E-state index contributed by atoms with van der Waals surface area (Å²) < 4.78 is 5.32. The van der Waals surface area contributed by atoms with E-state index in [1.807, 2.05) is 18.7 Å². The Kier molecular flexibility index (Phi) is 6.95. The molecule has 2 atom stereocenters. The van der Waals surface area contributed by atoms with E-state index in [1.54, 1.807) is 29.4 Å². The van der Waals surface area contributed by atoms with Crippen LogP contribution in [-0.2, 0) is 9.59 Å². The zero-order valence-corrected chi connectivity index (χ0v) is 16.9. The highest BCUT2D eigenvalue weighted by Crippen LogP contribution is 2.23. The summed E-state index contributed by atoms with van der Waals surface area (Å²) in [4.78, 5) is 36.5. The van der Waals surface area contributed by atoms with Gasteiger partial charge in [0.1, 0.15) is 6.10 Å². The molecule has 0 aliphatic carbocycles. The van der Waals surface area contributed by atoms with Crippen LogP contribution < -0.4 is 10.4 Å². The van der Waals surface area contributed by atoms with Crippen LogP contribution in [0.4, 0.5) is 5.95 Å². The van der Waals surface area contributed by atoms with Crippen molar-refractivity contribution < 1.29 is 24.4 Å². The molecule has 1 fully saturated rings. The van der Waals surface area contributed by atoms with Crippen molar-refractivity contribution in [1.82, 2.24) is 25.5 Å². The van der Waals surface area contributed by atoms with Crippen LogP contribution in [0, 0.1) is 11.8 Å². The van der Waals surface area contributed by atoms with E-state index in [9.17, 15) is 14.7 Å². The molecule has 0 unspecified atom stereocenters. The number of carbonyl (C=O) groups is 2. The molecule has 0 bridgehead atoms. The predicted molar refractivity (Wildman–Crippen MR) is 105 cm³/mol. The zero-order chi connectivity index (χ0) is 21.7. The van der Waals surface area contributed by atoms with Crippen molar-refractivity contribution in [1.29, 1.82) is 0 Å².